The Labute approximate surface area is 232 Å². The van der Waals surface area contributed by atoms with E-state index in [0.29, 0.717) is 36.6 Å². The van der Waals surface area contributed by atoms with E-state index in [1.807, 2.05) is 6.07 Å². The zero-order valence-electron chi connectivity index (χ0n) is 21.2. The molecule has 0 bridgehead atoms. The highest BCUT2D eigenvalue weighted by atomic mass is 35.5. The summed E-state index contributed by atoms with van der Waals surface area (Å²) in [4.78, 5) is 56.0. The molecule has 9 nitrogen and oxygen atoms in total. The molecule has 2 atom stereocenters. The molecule has 3 heterocycles. The third-order valence-corrected chi connectivity index (χ3v) is 7.74. The Hall–Kier alpha value is -3.80. The normalized spacial score (nSPS) is 20.9. The molecule has 5 rings (SSSR count). The zero-order valence-corrected chi connectivity index (χ0v) is 21.9. The minimum Gasteiger partial charge on any atom is -0.343 e. The Morgan fingerprint density at radius 1 is 1.07 bits per heavy atom. The number of piperidine rings is 1. The summed E-state index contributed by atoms with van der Waals surface area (Å²) in [5.41, 5.74) is 1.72. The summed E-state index contributed by atoms with van der Waals surface area (Å²) in [7, 11) is 0. The fraction of sp³-hybridized carbons (Fsp3) is 0.407. The number of alkyl halides is 3. The van der Waals surface area contributed by atoms with E-state index in [4.69, 9.17) is 11.6 Å². The van der Waals surface area contributed by atoms with Crippen LogP contribution in [0.3, 0.4) is 0 Å². The highest BCUT2D eigenvalue weighted by molar-refractivity contribution is 6.31. The van der Waals surface area contributed by atoms with Gasteiger partial charge >= 0.3 is 12.1 Å². The second-order valence-corrected chi connectivity index (χ2v) is 10.5. The molecule has 0 radical (unpaired) electrons. The largest absolute Gasteiger partial charge is 0.493 e. The van der Waals surface area contributed by atoms with E-state index < -0.39 is 24.2 Å². The summed E-state index contributed by atoms with van der Waals surface area (Å²) in [6, 6.07) is 11.2. The Morgan fingerprint density at radius 3 is 2.52 bits per heavy atom. The molecule has 2 aromatic carbocycles. The Balaban J connectivity index is 1.16. The number of rotatable bonds is 6. The molecule has 3 aliphatic heterocycles. The summed E-state index contributed by atoms with van der Waals surface area (Å²) >= 11 is 6.04. The van der Waals surface area contributed by atoms with Crippen molar-refractivity contribution >= 4 is 46.7 Å². The Morgan fingerprint density at radius 2 is 1.80 bits per heavy atom. The van der Waals surface area contributed by atoms with Gasteiger partial charge in [0.2, 0.25) is 11.8 Å². The van der Waals surface area contributed by atoms with Gasteiger partial charge < -0.3 is 20.4 Å². The molecule has 0 saturated carbocycles. The first kappa shape index (κ1) is 27.8. The van der Waals surface area contributed by atoms with Crippen molar-refractivity contribution in [3.8, 4) is 0 Å². The number of nitrogens with one attached hydrogen (secondary N) is 2. The number of carbonyl (C=O) groups is 4. The molecule has 40 heavy (non-hydrogen) atoms. The molecule has 2 aromatic rings. The molecule has 0 spiro atoms. The van der Waals surface area contributed by atoms with E-state index in [1.54, 1.807) is 17.0 Å². The maximum absolute atomic E-state index is 12.9. The van der Waals surface area contributed by atoms with Gasteiger partial charge in [0.15, 0.2) is 0 Å². The van der Waals surface area contributed by atoms with Gasteiger partial charge in [0.25, 0.3) is 5.91 Å². The van der Waals surface area contributed by atoms with Gasteiger partial charge in [0, 0.05) is 30.2 Å². The van der Waals surface area contributed by atoms with Crippen LogP contribution in [0.15, 0.2) is 42.5 Å². The maximum atomic E-state index is 12.9. The lowest BCUT2D eigenvalue weighted by Gasteiger charge is -2.37. The SMILES string of the molecule is O=C1NC(CCCC(=O)N2CCC([C@@H]3C(=O)Nc4cc(Cl)ccc43)CC2)N(OC(=O)C(F)(F)F)c2ccccc21. The van der Waals surface area contributed by atoms with Crippen molar-refractivity contribution in [3.63, 3.8) is 0 Å². The molecule has 13 heteroatoms. The maximum Gasteiger partial charge on any atom is 0.493 e. The van der Waals surface area contributed by atoms with E-state index in [2.05, 4.69) is 15.5 Å². The van der Waals surface area contributed by atoms with Crippen molar-refractivity contribution in [2.45, 2.75) is 50.4 Å². The van der Waals surface area contributed by atoms with E-state index in [9.17, 15) is 32.3 Å². The van der Waals surface area contributed by atoms with Crippen molar-refractivity contribution in [3.05, 3.63) is 58.6 Å². The van der Waals surface area contributed by atoms with Crippen LogP contribution >= 0.6 is 11.6 Å². The van der Waals surface area contributed by atoms with Crippen LogP contribution < -0.4 is 15.7 Å². The molecule has 212 valence electrons. The van der Waals surface area contributed by atoms with Gasteiger partial charge in [-0.2, -0.15) is 18.2 Å². The number of para-hydroxylation sites is 1. The molecule has 3 amide bonds. The van der Waals surface area contributed by atoms with Crippen LogP contribution in [-0.4, -0.2) is 54.0 Å². The van der Waals surface area contributed by atoms with Crippen molar-refractivity contribution < 1.29 is 37.2 Å². The summed E-state index contributed by atoms with van der Waals surface area (Å²) in [5, 5.41) is 6.73. The predicted molar refractivity (Wildman–Crippen MR) is 138 cm³/mol. The zero-order chi connectivity index (χ0) is 28.6. The quantitative estimate of drug-likeness (QED) is 0.527. The smallest absolute Gasteiger partial charge is 0.343 e. The minimum atomic E-state index is -5.22. The van der Waals surface area contributed by atoms with Crippen molar-refractivity contribution in [2.24, 2.45) is 5.92 Å². The van der Waals surface area contributed by atoms with Gasteiger partial charge in [-0.05, 0) is 61.4 Å². The van der Waals surface area contributed by atoms with Crippen LogP contribution in [0.2, 0.25) is 5.02 Å². The molecule has 0 aliphatic carbocycles. The van der Waals surface area contributed by atoms with E-state index >= 15 is 0 Å². The number of anilines is 2. The van der Waals surface area contributed by atoms with Crippen LogP contribution in [-0.2, 0) is 19.2 Å². The summed E-state index contributed by atoms with van der Waals surface area (Å²) in [5.74, 6) is -3.37. The fourth-order valence-corrected chi connectivity index (χ4v) is 5.74. The second kappa shape index (κ2) is 11.0. The first-order valence-electron chi connectivity index (χ1n) is 12.9. The van der Waals surface area contributed by atoms with Gasteiger partial charge in [0.1, 0.15) is 6.17 Å². The van der Waals surface area contributed by atoms with Crippen LogP contribution in [0.25, 0.3) is 0 Å². The molecule has 1 saturated heterocycles. The number of hydroxylamine groups is 1. The first-order valence-corrected chi connectivity index (χ1v) is 13.3. The average molecular weight is 579 g/mol. The third kappa shape index (κ3) is 5.58. The van der Waals surface area contributed by atoms with Crippen molar-refractivity contribution in [1.82, 2.24) is 10.2 Å². The average Bonchev–Trinajstić information content (AvgIpc) is 3.24. The molecular formula is C27H26ClF3N4O5. The van der Waals surface area contributed by atoms with Gasteiger partial charge in [-0.1, -0.05) is 29.8 Å². The Kier molecular flexibility index (Phi) is 7.63. The molecule has 3 aliphatic rings. The number of benzene rings is 2. The third-order valence-electron chi connectivity index (χ3n) is 7.50. The van der Waals surface area contributed by atoms with Crippen LogP contribution in [0.1, 0.15) is 53.9 Å². The van der Waals surface area contributed by atoms with Crippen LogP contribution in [0.4, 0.5) is 24.5 Å². The summed E-state index contributed by atoms with van der Waals surface area (Å²) < 4.78 is 38.8. The number of carbonyl (C=O) groups excluding carboxylic acids is 4. The van der Waals surface area contributed by atoms with Crippen LogP contribution in [0.5, 0.6) is 0 Å². The number of hydrogen-bond donors (Lipinski definition) is 2. The summed E-state index contributed by atoms with van der Waals surface area (Å²) in [6.07, 6.45) is -4.64. The number of hydrogen-bond acceptors (Lipinski definition) is 6. The van der Waals surface area contributed by atoms with Crippen LogP contribution in [0, 0.1) is 5.92 Å². The standard InChI is InChI=1S/C27H26ClF3N4O5/c28-16-8-9-17-19(14-16)32-25(38)23(17)15-10-12-34(13-11-15)22(36)7-3-6-21-33-24(37)18-4-1-2-5-20(18)35(21)40-26(39)27(29,30)31/h1-2,4-5,8-9,14-15,21,23H,3,6-7,10-13H2,(H,32,38)(H,33,37)/t21?,23-/m0/s1. The van der Waals surface area contributed by atoms with Gasteiger partial charge in [-0.25, -0.2) is 4.79 Å². The lowest BCUT2D eigenvalue weighted by atomic mass is 9.80. The van der Waals surface area contributed by atoms with E-state index in [-0.39, 0.29) is 54.2 Å². The Bertz CT molecular complexity index is 1350. The highest BCUT2D eigenvalue weighted by Gasteiger charge is 2.45. The molecular weight excluding hydrogens is 553 g/mol. The van der Waals surface area contributed by atoms with Crippen molar-refractivity contribution in [2.75, 3.05) is 23.5 Å². The summed E-state index contributed by atoms with van der Waals surface area (Å²) in [6.45, 7) is 0.943. The molecule has 1 fully saturated rings. The predicted octanol–water partition coefficient (Wildman–Crippen LogP) is 4.38. The molecule has 0 aromatic heterocycles. The second-order valence-electron chi connectivity index (χ2n) is 10.0. The van der Waals surface area contributed by atoms with Crippen molar-refractivity contribution in [1.29, 1.82) is 0 Å². The lowest BCUT2D eigenvalue weighted by Crippen LogP contribution is -2.54. The number of amides is 3. The van der Waals surface area contributed by atoms with E-state index in [0.717, 1.165) is 10.6 Å². The number of halogens is 4. The number of fused-ring (bicyclic) bond motifs is 2. The molecule has 2 N–H and O–H groups in total. The fourth-order valence-electron chi connectivity index (χ4n) is 5.57. The van der Waals surface area contributed by atoms with Gasteiger partial charge in [-0.15, -0.1) is 0 Å². The van der Waals surface area contributed by atoms with E-state index in [1.165, 1.54) is 24.3 Å². The minimum absolute atomic E-state index is 0.0297. The lowest BCUT2D eigenvalue weighted by molar-refractivity contribution is -0.202. The topological polar surface area (TPSA) is 108 Å². The molecule has 1 unspecified atom stereocenters. The number of nitrogens with zero attached hydrogens (tertiary/aromatic N) is 2. The van der Waals surface area contributed by atoms with Gasteiger partial charge in [-0.3, -0.25) is 14.4 Å². The number of likely N-dealkylation sites (tertiary alicyclic amines) is 1. The first-order chi connectivity index (χ1) is 19.0. The highest BCUT2D eigenvalue weighted by Crippen LogP contribution is 2.42. The monoisotopic (exact) mass is 578 g/mol. The van der Waals surface area contributed by atoms with Gasteiger partial charge in [0.05, 0.1) is 17.2 Å².